The number of morpholine rings is 1. The number of nitrogens with zero attached hydrogens (tertiary/aromatic N) is 3. The molecule has 0 spiro atoms. The average Bonchev–Trinajstić information content (AvgIpc) is 2.61. The Labute approximate surface area is 154 Å². The highest BCUT2D eigenvalue weighted by Crippen LogP contribution is 2.17. The predicted molar refractivity (Wildman–Crippen MR) is 101 cm³/mol. The van der Waals surface area contributed by atoms with Crippen molar-refractivity contribution in [3.05, 3.63) is 47.8 Å². The fourth-order valence-electron chi connectivity index (χ4n) is 3.14. The number of rotatable bonds is 5. The van der Waals surface area contributed by atoms with Crippen molar-refractivity contribution < 1.29 is 9.53 Å². The van der Waals surface area contributed by atoms with E-state index in [1.165, 1.54) is 0 Å². The highest BCUT2D eigenvalue weighted by atomic mass is 16.5. The number of nitrogens with one attached hydrogen (secondary N) is 1. The van der Waals surface area contributed by atoms with Gasteiger partial charge < -0.3 is 10.1 Å². The van der Waals surface area contributed by atoms with Gasteiger partial charge in [0, 0.05) is 37.9 Å². The summed E-state index contributed by atoms with van der Waals surface area (Å²) in [4.78, 5) is 23.6. The fraction of sp³-hybridized carbons (Fsp3) is 0.450. The first-order valence-corrected chi connectivity index (χ1v) is 8.98. The summed E-state index contributed by atoms with van der Waals surface area (Å²) in [6.45, 7) is 9.92. The fourth-order valence-corrected chi connectivity index (χ4v) is 3.14. The number of hydrogen-bond donors (Lipinski definition) is 1. The third-order valence-corrected chi connectivity index (χ3v) is 4.47. The number of aromatic nitrogens is 2. The molecule has 1 aromatic heterocycles. The van der Waals surface area contributed by atoms with Gasteiger partial charge >= 0.3 is 0 Å². The molecule has 6 heteroatoms. The summed E-state index contributed by atoms with van der Waals surface area (Å²) in [6, 6.07) is 9.76. The van der Waals surface area contributed by atoms with Gasteiger partial charge in [-0.15, -0.1) is 0 Å². The van der Waals surface area contributed by atoms with Crippen LogP contribution in [0.4, 0.5) is 0 Å². The molecule has 1 fully saturated rings. The van der Waals surface area contributed by atoms with Gasteiger partial charge in [0.05, 0.1) is 23.5 Å². The molecule has 2 aromatic rings. The molecule has 0 unspecified atom stereocenters. The topological polar surface area (TPSA) is 67.4 Å². The minimum absolute atomic E-state index is 0.125. The second kappa shape index (κ2) is 7.93. The van der Waals surface area contributed by atoms with Crippen molar-refractivity contribution in [2.45, 2.75) is 26.4 Å². The standard InChI is InChI=1S/C20H26N4O2/c1-15-17(13-22-18(23-15)16-7-5-4-6-8-16)19(25)21-9-10-24-11-12-26-20(2,3)14-24/h4-8,13H,9-12,14H2,1-3H3,(H,21,25). The van der Waals surface area contributed by atoms with Gasteiger partial charge in [-0.05, 0) is 20.8 Å². The maximum absolute atomic E-state index is 12.4. The number of carbonyl (C=O) groups excluding carboxylic acids is 1. The Bertz CT molecular complexity index is 762. The third-order valence-electron chi connectivity index (χ3n) is 4.47. The largest absolute Gasteiger partial charge is 0.373 e. The summed E-state index contributed by atoms with van der Waals surface area (Å²) in [5.74, 6) is 0.504. The summed E-state index contributed by atoms with van der Waals surface area (Å²) < 4.78 is 5.71. The van der Waals surface area contributed by atoms with Crippen molar-refractivity contribution in [3.63, 3.8) is 0 Å². The lowest BCUT2D eigenvalue weighted by Crippen LogP contribution is -2.50. The Morgan fingerprint density at radius 2 is 2.08 bits per heavy atom. The predicted octanol–water partition coefficient (Wildman–Crippen LogP) is 2.29. The zero-order chi connectivity index (χ0) is 18.6. The highest BCUT2D eigenvalue weighted by Gasteiger charge is 2.26. The summed E-state index contributed by atoms with van der Waals surface area (Å²) >= 11 is 0. The maximum Gasteiger partial charge on any atom is 0.254 e. The molecule has 1 aliphatic heterocycles. The van der Waals surface area contributed by atoms with Crippen LogP contribution in [-0.2, 0) is 4.74 Å². The highest BCUT2D eigenvalue weighted by molar-refractivity contribution is 5.95. The molecule has 138 valence electrons. The molecule has 1 amide bonds. The molecular weight excluding hydrogens is 328 g/mol. The van der Waals surface area contributed by atoms with Crippen LogP contribution in [0.2, 0.25) is 0 Å². The third kappa shape index (κ3) is 4.65. The van der Waals surface area contributed by atoms with Crippen molar-refractivity contribution in [2.24, 2.45) is 0 Å². The van der Waals surface area contributed by atoms with E-state index in [9.17, 15) is 4.79 Å². The van der Waals surface area contributed by atoms with E-state index in [0.29, 0.717) is 23.6 Å². The van der Waals surface area contributed by atoms with Gasteiger partial charge in [-0.25, -0.2) is 9.97 Å². The van der Waals surface area contributed by atoms with Crippen LogP contribution in [0.1, 0.15) is 29.9 Å². The molecule has 0 radical (unpaired) electrons. The summed E-state index contributed by atoms with van der Waals surface area (Å²) in [5, 5.41) is 2.97. The molecule has 1 saturated heterocycles. The number of hydrogen-bond acceptors (Lipinski definition) is 5. The smallest absolute Gasteiger partial charge is 0.254 e. The van der Waals surface area contributed by atoms with Crippen LogP contribution in [0.15, 0.2) is 36.5 Å². The van der Waals surface area contributed by atoms with E-state index in [-0.39, 0.29) is 11.5 Å². The van der Waals surface area contributed by atoms with Crippen molar-refractivity contribution in [1.29, 1.82) is 0 Å². The molecule has 0 aliphatic carbocycles. The van der Waals surface area contributed by atoms with Crippen LogP contribution in [0, 0.1) is 6.92 Å². The lowest BCUT2D eigenvalue weighted by atomic mass is 10.1. The second-order valence-corrected chi connectivity index (χ2v) is 7.20. The molecule has 1 aliphatic rings. The van der Waals surface area contributed by atoms with Crippen LogP contribution >= 0.6 is 0 Å². The Hall–Kier alpha value is -2.31. The summed E-state index contributed by atoms with van der Waals surface area (Å²) in [6.07, 6.45) is 1.61. The van der Waals surface area contributed by atoms with E-state index in [1.54, 1.807) is 6.20 Å². The Kier molecular flexibility index (Phi) is 5.64. The van der Waals surface area contributed by atoms with Crippen LogP contribution in [0.25, 0.3) is 11.4 Å². The molecule has 0 bridgehead atoms. The Balaban J connectivity index is 1.56. The summed E-state index contributed by atoms with van der Waals surface area (Å²) in [7, 11) is 0. The second-order valence-electron chi connectivity index (χ2n) is 7.20. The van der Waals surface area contributed by atoms with E-state index in [2.05, 4.69) is 34.0 Å². The van der Waals surface area contributed by atoms with Crippen LogP contribution in [-0.4, -0.2) is 59.2 Å². The Morgan fingerprint density at radius 3 is 2.77 bits per heavy atom. The Morgan fingerprint density at radius 1 is 1.31 bits per heavy atom. The molecule has 0 saturated carbocycles. The molecule has 6 nitrogen and oxygen atoms in total. The van der Waals surface area contributed by atoms with Crippen molar-refractivity contribution in [3.8, 4) is 11.4 Å². The lowest BCUT2D eigenvalue weighted by molar-refractivity contribution is -0.0853. The normalized spacial score (nSPS) is 17.0. The van der Waals surface area contributed by atoms with E-state index in [4.69, 9.17) is 4.74 Å². The number of amides is 1. The van der Waals surface area contributed by atoms with Gasteiger partial charge in [0.25, 0.3) is 5.91 Å². The number of carbonyl (C=O) groups is 1. The van der Waals surface area contributed by atoms with E-state index in [1.807, 2.05) is 37.3 Å². The first-order valence-electron chi connectivity index (χ1n) is 8.98. The molecule has 0 atom stereocenters. The number of benzene rings is 1. The van der Waals surface area contributed by atoms with E-state index >= 15 is 0 Å². The van der Waals surface area contributed by atoms with Gasteiger partial charge in [0.2, 0.25) is 0 Å². The molecule has 3 rings (SSSR count). The van der Waals surface area contributed by atoms with Gasteiger partial charge in [0.15, 0.2) is 5.82 Å². The quantitative estimate of drug-likeness (QED) is 0.892. The monoisotopic (exact) mass is 354 g/mol. The van der Waals surface area contributed by atoms with Crippen LogP contribution in [0.5, 0.6) is 0 Å². The first kappa shape index (κ1) is 18.5. The van der Waals surface area contributed by atoms with Crippen LogP contribution in [0.3, 0.4) is 0 Å². The van der Waals surface area contributed by atoms with Gasteiger partial charge in [-0.2, -0.15) is 0 Å². The average molecular weight is 354 g/mol. The molecular formula is C20H26N4O2. The van der Waals surface area contributed by atoms with Crippen molar-refractivity contribution in [1.82, 2.24) is 20.2 Å². The van der Waals surface area contributed by atoms with Gasteiger partial charge in [0.1, 0.15) is 0 Å². The number of aryl methyl sites for hydroxylation is 1. The molecule has 1 N–H and O–H groups in total. The van der Waals surface area contributed by atoms with Crippen LogP contribution < -0.4 is 5.32 Å². The van der Waals surface area contributed by atoms with E-state index in [0.717, 1.165) is 31.8 Å². The zero-order valence-corrected chi connectivity index (χ0v) is 15.7. The SMILES string of the molecule is Cc1nc(-c2ccccc2)ncc1C(=O)NCCN1CCOC(C)(C)C1. The van der Waals surface area contributed by atoms with E-state index < -0.39 is 0 Å². The van der Waals surface area contributed by atoms with Gasteiger partial charge in [-0.1, -0.05) is 30.3 Å². The zero-order valence-electron chi connectivity index (χ0n) is 15.7. The van der Waals surface area contributed by atoms with Crippen molar-refractivity contribution >= 4 is 5.91 Å². The minimum atomic E-state index is -0.130. The molecule has 2 heterocycles. The summed E-state index contributed by atoms with van der Waals surface area (Å²) in [5.41, 5.74) is 2.02. The molecule has 26 heavy (non-hydrogen) atoms. The lowest BCUT2D eigenvalue weighted by Gasteiger charge is -2.38. The van der Waals surface area contributed by atoms with Gasteiger partial charge in [-0.3, -0.25) is 9.69 Å². The first-order chi connectivity index (χ1) is 12.4. The van der Waals surface area contributed by atoms with Crippen molar-refractivity contribution in [2.75, 3.05) is 32.8 Å². The molecule has 1 aromatic carbocycles. The maximum atomic E-state index is 12.4. The minimum Gasteiger partial charge on any atom is -0.373 e. The number of ether oxygens (including phenoxy) is 1.